The molecule has 1 rings (SSSR count). The average Bonchev–Trinajstić information content (AvgIpc) is 2.38. The second-order valence-electron chi connectivity index (χ2n) is 4.46. The van der Waals surface area contributed by atoms with Crippen LogP contribution in [0, 0.1) is 0 Å². The van der Waals surface area contributed by atoms with E-state index in [-0.39, 0.29) is 0 Å². The fourth-order valence-electron chi connectivity index (χ4n) is 1.44. The van der Waals surface area contributed by atoms with Gasteiger partial charge in [-0.3, -0.25) is 0 Å². The van der Waals surface area contributed by atoms with Gasteiger partial charge in [-0.1, -0.05) is 6.92 Å². The van der Waals surface area contributed by atoms with Crippen LogP contribution in [-0.4, -0.2) is 53.6 Å². The van der Waals surface area contributed by atoms with Gasteiger partial charge in [-0.2, -0.15) is 26.7 Å². The molecule has 0 amide bonds. The van der Waals surface area contributed by atoms with Crippen molar-refractivity contribution in [2.75, 3.05) is 48.2 Å². The number of nitrogens with one attached hydrogen (secondary N) is 2. The van der Waals surface area contributed by atoms with Crippen molar-refractivity contribution in [1.29, 1.82) is 0 Å². The van der Waals surface area contributed by atoms with Crippen LogP contribution in [0.3, 0.4) is 0 Å². The third kappa shape index (κ3) is 5.50. The summed E-state index contributed by atoms with van der Waals surface area (Å²) < 4.78 is 0. The first-order valence-electron chi connectivity index (χ1n) is 6.52. The Morgan fingerprint density at radius 1 is 1.21 bits per heavy atom. The highest BCUT2D eigenvalue weighted by Crippen LogP contribution is 2.13. The topological polar surface area (TPSA) is 66.0 Å². The van der Waals surface area contributed by atoms with E-state index >= 15 is 0 Å². The zero-order valence-corrected chi connectivity index (χ0v) is 13.2. The van der Waals surface area contributed by atoms with Gasteiger partial charge in [0.2, 0.25) is 17.8 Å². The zero-order valence-electron chi connectivity index (χ0n) is 12.4. The lowest BCUT2D eigenvalue weighted by Crippen LogP contribution is -2.21. The van der Waals surface area contributed by atoms with Crippen LogP contribution >= 0.6 is 11.8 Å². The number of thioether (sulfide) groups is 1. The molecule has 1 heterocycles. The monoisotopic (exact) mass is 284 g/mol. The summed E-state index contributed by atoms with van der Waals surface area (Å²) in [7, 11) is 5.64. The minimum absolute atomic E-state index is 0.348. The van der Waals surface area contributed by atoms with Crippen LogP contribution in [0.15, 0.2) is 0 Å². The summed E-state index contributed by atoms with van der Waals surface area (Å²) in [5, 5.41) is 6.28. The van der Waals surface area contributed by atoms with E-state index in [1.54, 1.807) is 7.05 Å². The third-order valence-corrected chi connectivity index (χ3v) is 3.45. The molecule has 0 aliphatic heterocycles. The van der Waals surface area contributed by atoms with E-state index < -0.39 is 0 Å². The van der Waals surface area contributed by atoms with Gasteiger partial charge in [-0.15, -0.1) is 0 Å². The average molecular weight is 284 g/mol. The van der Waals surface area contributed by atoms with Crippen LogP contribution in [0.25, 0.3) is 0 Å². The molecule has 6 nitrogen and oxygen atoms in total. The highest BCUT2D eigenvalue weighted by molar-refractivity contribution is 7.99. The molecular weight excluding hydrogens is 260 g/mol. The Balaban J connectivity index is 2.68. The Morgan fingerprint density at radius 2 is 1.89 bits per heavy atom. The Labute approximate surface area is 119 Å². The number of nitrogens with zero attached hydrogens (tertiary/aromatic N) is 4. The van der Waals surface area contributed by atoms with Crippen molar-refractivity contribution in [2.24, 2.45) is 0 Å². The minimum Gasteiger partial charge on any atom is -0.357 e. The highest BCUT2D eigenvalue weighted by atomic mass is 32.2. The first-order chi connectivity index (χ1) is 9.06. The molecule has 0 spiro atoms. The van der Waals surface area contributed by atoms with Gasteiger partial charge in [0.15, 0.2) is 0 Å². The molecule has 0 fully saturated rings. The molecule has 0 aromatic carbocycles. The molecule has 1 aromatic rings. The quantitative estimate of drug-likeness (QED) is 0.707. The number of anilines is 3. The van der Waals surface area contributed by atoms with Gasteiger partial charge in [-0.25, -0.2) is 0 Å². The van der Waals surface area contributed by atoms with Gasteiger partial charge in [0.25, 0.3) is 0 Å². The van der Waals surface area contributed by atoms with E-state index in [2.05, 4.69) is 39.4 Å². The summed E-state index contributed by atoms with van der Waals surface area (Å²) in [5.41, 5.74) is 0. The zero-order chi connectivity index (χ0) is 14.3. The molecule has 0 aliphatic rings. The lowest BCUT2D eigenvalue weighted by atomic mass is 10.3. The Morgan fingerprint density at radius 3 is 2.47 bits per heavy atom. The summed E-state index contributed by atoms with van der Waals surface area (Å²) in [6.07, 6.45) is 1.09. The maximum Gasteiger partial charge on any atom is 0.231 e. The van der Waals surface area contributed by atoms with Crippen molar-refractivity contribution in [2.45, 2.75) is 26.3 Å². The minimum atomic E-state index is 0.348. The molecule has 1 atom stereocenters. The molecule has 7 heteroatoms. The van der Waals surface area contributed by atoms with Crippen molar-refractivity contribution in [3.05, 3.63) is 0 Å². The second kappa shape index (κ2) is 8.04. The summed E-state index contributed by atoms with van der Waals surface area (Å²) in [5.74, 6) is 4.16. The van der Waals surface area contributed by atoms with Gasteiger partial charge >= 0.3 is 0 Å². The first kappa shape index (κ1) is 15.8. The molecule has 0 bridgehead atoms. The number of rotatable bonds is 8. The number of hydrogen-bond acceptors (Lipinski definition) is 7. The summed E-state index contributed by atoms with van der Waals surface area (Å²) in [6, 6.07) is 0.348. The highest BCUT2D eigenvalue weighted by Gasteiger charge is 2.09. The normalized spacial score (nSPS) is 12.1. The fourth-order valence-corrected chi connectivity index (χ4v) is 2.25. The van der Waals surface area contributed by atoms with Gasteiger partial charge in [-0.05, 0) is 24.9 Å². The largest absolute Gasteiger partial charge is 0.357 e. The van der Waals surface area contributed by atoms with E-state index in [1.165, 1.54) is 0 Å². The van der Waals surface area contributed by atoms with E-state index in [9.17, 15) is 0 Å². The van der Waals surface area contributed by atoms with E-state index in [4.69, 9.17) is 0 Å². The van der Waals surface area contributed by atoms with Crippen LogP contribution in [-0.2, 0) is 0 Å². The Hall–Kier alpha value is -1.24. The molecular formula is C12H24N6S. The lowest BCUT2D eigenvalue weighted by Gasteiger charge is -2.16. The van der Waals surface area contributed by atoms with Crippen molar-refractivity contribution >= 4 is 29.6 Å². The van der Waals surface area contributed by atoms with Crippen molar-refractivity contribution < 1.29 is 0 Å². The van der Waals surface area contributed by atoms with Gasteiger partial charge in [0.05, 0.1) is 0 Å². The maximum atomic E-state index is 4.39. The van der Waals surface area contributed by atoms with Crippen molar-refractivity contribution in [3.8, 4) is 0 Å². The smallest absolute Gasteiger partial charge is 0.231 e. The van der Waals surface area contributed by atoms with E-state index in [1.807, 2.05) is 30.8 Å². The van der Waals surface area contributed by atoms with Crippen molar-refractivity contribution in [1.82, 2.24) is 15.0 Å². The molecule has 1 unspecified atom stereocenters. The summed E-state index contributed by atoms with van der Waals surface area (Å²) >= 11 is 1.95. The van der Waals surface area contributed by atoms with Crippen LogP contribution < -0.4 is 15.5 Å². The third-order valence-electron chi connectivity index (χ3n) is 2.52. The number of hydrogen-bond donors (Lipinski definition) is 2. The molecule has 108 valence electrons. The second-order valence-corrected chi connectivity index (χ2v) is 5.85. The molecule has 0 saturated heterocycles. The maximum absolute atomic E-state index is 4.39. The van der Waals surface area contributed by atoms with Gasteiger partial charge in [0.1, 0.15) is 0 Å². The van der Waals surface area contributed by atoms with E-state index in [0.717, 1.165) is 17.9 Å². The van der Waals surface area contributed by atoms with Gasteiger partial charge < -0.3 is 15.5 Å². The molecule has 0 radical (unpaired) electrons. The Kier molecular flexibility index (Phi) is 6.69. The first-order valence-corrected chi connectivity index (χ1v) is 7.67. The summed E-state index contributed by atoms with van der Waals surface area (Å²) in [6.45, 7) is 4.33. The van der Waals surface area contributed by atoms with Crippen molar-refractivity contribution in [3.63, 3.8) is 0 Å². The van der Waals surface area contributed by atoms with E-state index in [0.29, 0.717) is 23.9 Å². The predicted molar refractivity (Wildman–Crippen MR) is 84.4 cm³/mol. The number of aromatic nitrogens is 3. The molecule has 0 saturated carbocycles. The van der Waals surface area contributed by atoms with Crippen LogP contribution in [0.4, 0.5) is 17.8 Å². The standard InChI is InChI=1S/C12H24N6S/c1-6-19-8-7-9(2)14-11-15-10(13-3)16-12(17-11)18(4)5/h9H,6-8H2,1-5H3,(H2,13,14,15,16,17). The van der Waals surface area contributed by atoms with Crippen LogP contribution in [0.5, 0.6) is 0 Å². The predicted octanol–water partition coefficient (Wildman–Crippen LogP) is 1.92. The molecule has 19 heavy (non-hydrogen) atoms. The Bertz CT molecular complexity index is 384. The SMILES string of the molecule is CCSCCC(C)Nc1nc(NC)nc(N(C)C)n1. The van der Waals surface area contributed by atoms with Gasteiger partial charge in [0, 0.05) is 27.2 Å². The lowest BCUT2D eigenvalue weighted by molar-refractivity contribution is 0.757. The molecule has 2 N–H and O–H groups in total. The summed E-state index contributed by atoms with van der Waals surface area (Å²) in [4.78, 5) is 14.9. The van der Waals surface area contributed by atoms with Crippen LogP contribution in [0.2, 0.25) is 0 Å². The molecule has 1 aromatic heterocycles. The van der Waals surface area contributed by atoms with Crippen LogP contribution in [0.1, 0.15) is 20.3 Å². The molecule has 0 aliphatic carbocycles. The fraction of sp³-hybridized carbons (Fsp3) is 0.750.